The molecular weight excluding hydrogens is 178 g/mol. The quantitative estimate of drug-likeness (QED) is 0.510. The van der Waals surface area contributed by atoms with Gasteiger partial charge in [0.05, 0.1) is 0 Å². The smallest absolute Gasteiger partial charge is 0.314 e. The normalized spacial score (nSPS) is 20.2. The van der Waals surface area contributed by atoms with Crippen molar-refractivity contribution in [3.8, 4) is 0 Å². The van der Waals surface area contributed by atoms with Crippen molar-refractivity contribution in [2.75, 3.05) is 0 Å². The number of rotatable bonds is 1. The summed E-state index contributed by atoms with van der Waals surface area (Å²) in [6, 6.07) is 9.00. The molecule has 1 fully saturated rings. The average molecular weight is 184 g/mol. The van der Waals surface area contributed by atoms with Crippen molar-refractivity contribution >= 4 is 20.4 Å². The van der Waals surface area contributed by atoms with E-state index in [4.69, 9.17) is 4.89 Å². The molecule has 1 aliphatic rings. The third kappa shape index (κ3) is 1.45. The number of benzene rings is 1. The molecule has 6 heteroatoms. The summed E-state index contributed by atoms with van der Waals surface area (Å²) in [5.41, 5.74) is 0.748. The lowest BCUT2D eigenvalue weighted by Crippen LogP contribution is -2.42. The third-order valence-corrected chi connectivity index (χ3v) is 2.45. The highest BCUT2D eigenvalue weighted by atomic mass is 31.2. The van der Waals surface area contributed by atoms with Gasteiger partial charge >= 0.3 is 14.9 Å². The molecule has 0 unspecified atom stereocenters. The molecular formula is C6H6BO4P. The molecule has 62 valence electrons. The molecule has 0 aromatic heterocycles. The number of hydrogen-bond acceptors (Lipinski definition) is 3. The summed E-state index contributed by atoms with van der Waals surface area (Å²) in [6.45, 7) is 0. The first-order valence-electron chi connectivity index (χ1n) is 3.42. The summed E-state index contributed by atoms with van der Waals surface area (Å²) in [4.78, 5) is 8.66. The van der Waals surface area contributed by atoms with Gasteiger partial charge < -0.3 is 13.8 Å². The van der Waals surface area contributed by atoms with Gasteiger partial charge in [0.1, 0.15) is 0 Å². The number of hydrogen-bond donors (Lipinski definition) is 1. The lowest BCUT2D eigenvalue weighted by atomic mass is 9.80. The van der Waals surface area contributed by atoms with Crippen molar-refractivity contribution in [2.24, 2.45) is 0 Å². The number of phosphoric acid groups is 1. The maximum Gasteiger partial charge on any atom is 0.510 e. The zero-order chi connectivity index (χ0) is 8.60. The van der Waals surface area contributed by atoms with E-state index in [1.54, 1.807) is 12.1 Å². The van der Waals surface area contributed by atoms with E-state index in [9.17, 15) is 4.57 Å². The van der Waals surface area contributed by atoms with E-state index in [0.717, 1.165) is 5.46 Å². The third-order valence-electron chi connectivity index (χ3n) is 1.53. The molecule has 12 heavy (non-hydrogen) atoms. The van der Waals surface area contributed by atoms with Crippen molar-refractivity contribution in [3.05, 3.63) is 30.3 Å². The summed E-state index contributed by atoms with van der Waals surface area (Å²) in [7, 11) is -4.37. The first-order valence-corrected chi connectivity index (χ1v) is 4.91. The van der Waals surface area contributed by atoms with Gasteiger partial charge in [0.2, 0.25) is 0 Å². The Bertz CT molecular complexity index is 318. The molecule has 1 aromatic rings. The lowest BCUT2D eigenvalue weighted by molar-refractivity contribution is 0.211. The van der Waals surface area contributed by atoms with Gasteiger partial charge in [0, 0.05) is 0 Å². The highest BCUT2D eigenvalue weighted by molar-refractivity contribution is 7.54. The summed E-state index contributed by atoms with van der Waals surface area (Å²) < 4.78 is 19.8. The van der Waals surface area contributed by atoms with E-state index >= 15 is 0 Å². The van der Waals surface area contributed by atoms with Crippen molar-refractivity contribution in [2.45, 2.75) is 0 Å². The predicted molar refractivity (Wildman–Crippen MR) is 43.8 cm³/mol. The van der Waals surface area contributed by atoms with Crippen LogP contribution in [0.1, 0.15) is 0 Å². The van der Waals surface area contributed by atoms with Crippen LogP contribution in [0, 0.1) is 0 Å². The second-order valence-electron chi connectivity index (χ2n) is 2.42. The first-order chi connectivity index (χ1) is 5.67. The lowest BCUT2D eigenvalue weighted by Gasteiger charge is -2.27. The molecule has 4 nitrogen and oxygen atoms in total. The van der Waals surface area contributed by atoms with Crippen LogP contribution in [0.5, 0.6) is 0 Å². The van der Waals surface area contributed by atoms with Gasteiger partial charge in [-0.3, -0.25) is 0 Å². The van der Waals surface area contributed by atoms with E-state index < -0.39 is 14.9 Å². The summed E-state index contributed by atoms with van der Waals surface area (Å²) in [5.74, 6) is 0. The highest BCUT2D eigenvalue weighted by Crippen LogP contribution is 2.53. The predicted octanol–water partition coefficient (Wildman–Crippen LogP) is 0.529. The topological polar surface area (TPSA) is 55.8 Å². The molecule has 1 aromatic carbocycles. The molecule has 1 heterocycles. The van der Waals surface area contributed by atoms with E-state index in [0.29, 0.717) is 0 Å². The van der Waals surface area contributed by atoms with Crippen molar-refractivity contribution in [1.29, 1.82) is 0 Å². The van der Waals surface area contributed by atoms with Crippen LogP contribution in [0.25, 0.3) is 0 Å². The van der Waals surface area contributed by atoms with Gasteiger partial charge in [-0.05, 0) is 5.46 Å². The van der Waals surface area contributed by atoms with Gasteiger partial charge in [-0.25, -0.2) is 4.57 Å². The Kier molecular flexibility index (Phi) is 1.81. The Morgan fingerprint density at radius 3 is 2.33 bits per heavy atom. The molecule has 0 atom stereocenters. The second kappa shape index (κ2) is 2.71. The maximum absolute atomic E-state index is 10.6. The van der Waals surface area contributed by atoms with Gasteiger partial charge in [-0.15, -0.1) is 0 Å². The fourth-order valence-electron chi connectivity index (χ4n) is 0.982. The second-order valence-corrected chi connectivity index (χ2v) is 3.78. The molecule has 0 aliphatic carbocycles. The van der Waals surface area contributed by atoms with Crippen molar-refractivity contribution < 1.29 is 18.3 Å². The van der Waals surface area contributed by atoms with E-state index in [2.05, 4.69) is 8.88 Å². The Morgan fingerprint density at radius 1 is 1.25 bits per heavy atom. The zero-order valence-corrected chi connectivity index (χ0v) is 6.98. The largest absolute Gasteiger partial charge is 0.510 e. The zero-order valence-electron chi connectivity index (χ0n) is 6.08. The minimum Gasteiger partial charge on any atom is -0.314 e. The van der Waals surface area contributed by atoms with Crippen molar-refractivity contribution in [3.63, 3.8) is 0 Å². The Balaban J connectivity index is 2.11. The molecule has 1 saturated heterocycles. The standard InChI is InChI=1S/C6H6BO4P/c8-12(9)10-7(11-12)6-4-2-1-3-5-6/h1-5H,(H,8,9). The van der Waals surface area contributed by atoms with Crippen molar-refractivity contribution in [1.82, 2.24) is 0 Å². The van der Waals surface area contributed by atoms with Gasteiger partial charge in [-0.1, -0.05) is 30.3 Å². The maximum atomic E-state index is 10.6. The molecule has 0 saturated carbocycles. The minimum absolute atomic E-state index is 0.679. The molecule has 0 amide bonds. The summed E-state index contributed by atoms with van der Waals surface area (Å²) in [5, 5.41) is 0. The Labute approximate surface area is 69.9 Å². The van der Waals surface area contributed by atoms with E-state index in [1.165, 1.54) is 0 Å². The molecule has 1 N–H and O–H groups in total. The van der Waals surface area contributed by atoms with E-state index in [-0.39, 0.29) is 0 Å². The van der Waals surface area contributed by atoms with Gasteiger partial charge in [0.15, 0.2) is 0 Å². The van der Waals surface area contributed by atoms with Gasteiger partial charge in [0.25, 0.3) is 0 Å². The fraction of sp³-hybridized carbons (Fsp3) is 0. The van der Waals surface area contributed by atoms with Crippen LogP contribution in [0.15, 0.2) is 30.3 Å². The van der Waals surface area contributed by atoms with Gasteiger partial charge in [-0.2, -0.15) is 0 Å². The molecule has 0 spiro atoms. The summed E-state index contributed by atoms with van der Waals surface area (Å²) in [6.07, 6.45) is 0. The van der Waals surface area contributed by atoms with Crippen LogP contribution in [0.3, 0.4) is 0 Å². The van der Waals surface area contributed by atoms with Crippen LogP contribution >= 0.6 is 7.82 Å². The Hall–Kier alpha value is -0.605. The average Bonchev–Trinajstić information content (AvgIpc) is 2.02. The summed E-state index contributed by atoms with van der Waals surface area (Å²) >= 11 is 0. The SMILES string of the molecule is O=P1(O)OB(c2ccccc2)O1. The molecule has 0 bridgehead atoms. The minimum atomic E-state index is -3.69. The monoisotopic (exact) mass is 184 g/mol. The van der Waals surface area contributed by atoms with Crippen LogP contribution in [-0.2, 0) is 13.4 Å². The molecule has 0 radical (unpaired) electrons. The Morgan fingerprint density at radius 2 is 1.83 bits per heavy atom. The van der Waals surface area contributed by atoms with Crippen LogP contribution < -0.4 is 5.46 Å². The molecule has 2 rings (SSSR count). The fourth-order valence-corrected chi connectivity index (χ4v) is 1.72. The van der Waals surface area contributed by atoms with Crippen LogP contribution in [0.2, 0.25) is 0 Å². The molecule has 1 aliphatic heterocycles. The highest BCUT2D eigenvalue weighted by Gasteiger charge is 2.47. The van der Waals surface area contributed by atoms with Crippen LogP contribution in [0.4, 0.5) is 0 Å². The van der Waals surface area contributed by atoms with Crippen LogP contribution in [-0.4, -0.2) is 12.0 Å². The first kappa shape index (κ1) is 8.01. The van der Waals surface area contributed by atoms with E-state index in [1.807, 2.05) is 18.2 Å².